The van der Waals surface area contributed by atoms with E-state index in [2.05, 4.69) is 6.58 Å². The largest absolute Gasteiger partial charge is 0.478 e. The third kappa shape index (κ3) is 1.50. The Morgan fingerprint density at radius 2 is 1.80 bits per heavy atom. The van der Waals surface area contributed by atoms with Gasteiger partial charge >= 0.3 is 5.97 Å². The molecule has 0 aliphatic carbocycles. The molecule has 1 N–H and O–H groups in total. The number of aromatic carboxylic acids is 1. The van der Waals surface area contributed by atoms with Crippen molar-refractivity contribution in [1.29, 1.82) is 0 Å². The maximum absolute atomic E-state index is 11.0. The summed E-state index contributed by atoms with van der Waals surface area (Å²) in [6.45, 7) is 3.71. The predicted molar refractivity (Wildman–Crippen MR) is 61.0 cm³/mol. The van der Waals surface area contributed by atoms with Crippen molar-refractivity contribution in [2.75, 3.05) is 0 Å². The van der Waals surface area contributed by atoms with E-state index in [-0.39, 0.29) is 0 Å². The Bertz CT molecular complexity index is 541. The van der Waals surface area contributed by atoms with Crippen LogP contribution in [0.2, 0.25) is 0 Å². The molecule has 15 heavy (non-hydrogen) atoms. The van der Waals surface area contributed by atoms with E-state index >= 15 is 0 Å². The normalized spacial score (nSPS) is 10.1. The average molecular weight is 198 g/mol. The molecule has 0 unspecified atom stereocenters. The number of rotatable bonds is 2. The summed E-state index contributed by atoms with van der Waals surface area (Å²) in [6.07, 6.45) is 1.73. The highest BCUT2D eigenvalue weighted by Gasteiger charge is 2.08. The monoisotopic (exact) mass is 198 g/mol. The summed E-state index contributed by atoms with van der Waals surface area (Å²) in [5.41, 5.74) is 1.28. The third-order valence-corrected chi connectivity index (χ3v) is 2.41. The van der Waals surface area contributed by atoms with Crippen molar-refractivity contribution in [3.63, 3.8) is 0 Å². The Morgan fingerprint density at radius 3 is 2.40 bits per heavy atom. The maximum Gasteiger partial charge on any atom is 0.336 e. The van der Waals surface area contributed by atoms with Crippen molar-refractivity contribution in [1.82, 2.24) is 0 Å². The predicted octanol–water partition coefficient (Wildman–Crippen LogP) is 3.18. The summed E-state index contributed by atoms with van der Waals surface area (Å²) in [5, 5.41) is 10.7. The van der Waals surface area contributed by atoms with Crippen molar-refractivity contribution in [2.24, 2.45) is 0 Å². The van der Waals surface area contributed by atoms with Gasteiger partial charge in [-0.1, -0.05) is 43.0 Å². The van der Waals surface area contributed by atoms with Gasteiger partial charge in [0.1, 0.15) is 0 Å². The fourth-order valence-electron chi connectivity index (χ4n) is 1.69. The highest BCUT2D eigenvalue weighted by molar-refractivity contribution is 6.06. The summed E-state index contributed by atoms with van der Waals surface area (Å²) in [6, 6.07) is 10.8. The lowest BCUT2D eigenvalue weighted by Crippen LogP contribution is -1.97. The zero-order chi connectivity index (χ0) is 10.8. The fourth-order valence-corrected chi connectivity index (χ4v) is 1.69. The average Bonchev–Trinajstić information content (AvgIpc) is 2.27. The number of hydrogen-bond acceptors (Lipinski definition) is 1. The van der Waals surface area contributed by atoms with E-state index in [9.17, 15) is 4.79 Å². The number of fused-ring (bicyclic) bond motifs is 1. The molecule has 2 heteroatoms. The Labute approximate surface area is 87.5 Å². The van der Waals surface area contributed by atoms with E-state index < -0.39 is 5.97 Å². The highest BCUT2D eigenvalue weighted by Crippen LogP contribution is 2.23. The molecule has 0 aliphatic heterocycles. The molecule has 74 valence electrons. The minimum atomic E-state index is -0.901. The summed E-state index contributed by atoms with van der Waals surface area (Å²) in [5.74, 6) is -0.901. The van der Waals surface area contributed by atoms with Gasteiger partial charge in [0.05, 0.1) is 5.56 Å². The van der Waals surface area contributed by atoms with Gasteiger partial charge in [0, 0.05) is 0 Å². The third-order valence-electron chi connectivity index (χ3n) is 2.41. The van der Waals surface area contributed by atoms with Crippen LogP contribution in [0.1, 0.15) is 15.9 Å². The van der Waals surface area contributed by atoms with Crippen LogP contribution in [-0.2, 0) is 0 Å². The van der Waals surface area contributed by atoms with Crippen LogP contribution >= 0.6 is 0 Å². The minimum Gasteiger partial charge on any atom is -0.478 e. The number of hydrogen-bond donors (Lipinski definition) is 1. The number of benzene rings is 2. The minimum absolute atomic E-state index is 0.330. The van der Waals surface area contributed by atoms with E-state index in [0.29, 0.717) is 5.56 Å². The zero-order valence-corrected chi connectivity index (χ0v) is 8.10. The summed E-state index contributed by atoms with van der Waals surface area (Å²) < 4.78 is 0. The zero-order valence-electron chi connectivity index (χ0n) is 8.10. The number of carboxylic acid groups (broad SMARTS) is 1. The lowest BCUT2D eigenvalue weighted by Gasteiger charge is -2.05. The van der Waals surface area contributed by atoms with Crippen molar-refractivity contribution in [3.8, 4) is 0 Å². The van der Waals surface area contributed by atoms with Crippen LogP contribution in [0.4, 0.5) is 0 Å². The Kier molecular flexibility index (Phi) is 2.26. The van der Waals surface area contributed by atoms with Crippen LogP contribution in [0.15, 0.2) is 43.0 Å². The lowest BCUT2D eigenvalue weighted by molar-refractivity contribution is 0.0699. The van der Waals surface area contributed by atoms with Gasteiger partial charge in [-0.25, -0.2) is 4.79 Å². The molecule has 0 saturated heterocycles. The first-order valence-electron chi connectivity index (χ1n) is 4.61. The smallest absolute Gasteiger partial charge is 0.336 e. The Morgan fingerprint density at radius 1 is 1.13 bits per heavy atom. The molecule has 0 atom stereocenters. The summed E-state index contributed by atoms with van der Waals surface area (Å²) >= 11 is 0. The molecule has 0 amide bonds. The molecule has 0 spiro atoms. The molecule has 2 rings (SSSR count). The molecular formula is C13H10O2. The molecule has 0 saturated carbocycles. The van der Waals surface area contributed by atoms with Gasteiger partial charge in [0.25, 0.3) is 0 Å². The van der Waals surface area contributed by atoms with Gasteiger partial charge in [-0.2, -0.15) is 0 Å². The molecule has 2 aromatic rings. The van der Waals surface area contributed by atoms with Crippen LogP contribution in [0.25, 0.3) is 16.8 Å². The molecule has 0 bridgehead atoms. The second-order valence-corrected chi connectivity index (χ2v) is 3.26. The van der Waals surface area contributed by atoms with E-state index in [0.717, 1.165) is 16.3 Å². The van der Waals surface area contributed by atoms with Crippen LogP contribution in [0.5, 0.6) is 0 Å². The molecule has 0 heterocycles. The summed E-state index contributed by atoms with van der Waals surface area (Å²) in [7, 11) is 0. The van der Waals surface area contributed by atoms with Gasteiger partial charge in [-0.05, 0) is 22.4 Å². The molecule has 2 aromatic carbocycles. The first-order valence-corrected chi connectivity index (χ1v) is 4.61. The second-order valence-electron chi connectivity index (χ2n) is 3.26. The maximum atomic E-state index is 11.0. The molecular weight excluding hydrogens is 188 g/mol. The number of carbonyl (C=O) groups is 1. The fraction of sp³-hybridized carbons (Fsp3) is 0. The Hall–Kier alpha value is -2.09. The van der Waals surface area contributed by atoms with Crippen molar-refractivity contribution >= 4 is 22.8 Å². The highest BCUT2D eigenvalue weighted by atomic mass is 16.4. The van der Waals surface area contributed by atoms with Crippen LogP contribution in [0, 0.1) is 0 Å². The van der Waals surface area contributed by atoms with Gasteiger partial charge in [-0.15, -0.1) is 0 Å². The van der Waals surface area contributed by atoms with E-state index in [4.69, 9.17) is 5.11 Å². The van der Waals surface area contributed by atoms with E-state index in [1.165, 1.54) is 0 Å². The Balaban J connectivity index is 2.89. The first kappa shape index (κ1) is 9.46. The molecule has 0 aromatic heterocycles. The summed E-state index contributed by atoms with van der Waals surface area (Å²) in [4.78, 5) is 11.0. The van der Waals surface area contributed by atoms with Crippen molar-refractivity contribution in [2.45, 2.75) is 0 Å². The molecule has 2 nitrogen and oxygen atoms in total. The number of carboxylic acids is 1. The van der Waals surface area contributed by atoms with Gasteiger partial charge in [-0.3, -0.25) is 0 Å². The van der Waals surface area contributed by atoms with Crippen LogP contribution < -0.4 is 0 Å². The topological polar surface area (TPSA) is 37.3 Å². The van der Waals surface area contributed by atoms with E-state index in [1.807, 2.05) is 24.3 Å². The van der Waals surface area contributed by atoms with Gasteiger partial charge in [0.15, 0.2) is 0 Å². The molecule has 0 radical (unpaired) electrons. The van der Waals surface area contributed by atoms with Crippen molar-refractivity contribution in [3.05, 3.63) is 54.1 Å². The SMILES string of the molecule is C=Cc1ccc(C(=O)O)c2ccccc12. The van der Waals surface area contributed by atoms with Gasteiger partial charge < -0.3 is 5.11 Å². The van der Waals surface area contributed by atoms with Crippen LogP contribution in [0.3, 0.4) is 0 Å². The standard InChI is InChI=1S/C13H10O2/c1-2-9-7-8-12(13(14)15)11-6-4-3-5-10(9)11/h2-8H,1H2,(H,14,15). The lowest BCUT2D eigenvalue weighted by atomic mass is 10.00. The molecule has 0 fully saturated rings. The first-order chi connectivity index (χ1) is 7.24. The second kappa shape index (κ2) is 3.58. The van der Waals surface area contributed by atoms with Crippen molar-refractivity contribution < 1.29 is 9.90 Å². The van der Waals surface area contributed by atoms with E-state index in [1.54, 1.807) is 18.2 Å². The van der Waals surface area contributed by atoms with Gasteiger partial charge in [0.2, 0.25) is 0 Å². The quantitative estimate of drug-likeness (QED) is 0.804. The van der Waals surface area contributed by atoms with Crippen LogP contribution in [-0.4, -0.2) is 11.1 Å². The molecule has 0 aliphatic rings.